The average Bonchev–Trinajstić information content (AvgIpc) is 3.04. The zero-order valence-electron chi connectivity index (χ0n) is 17.4. The van der Waals surface area contributed by atoms with Gasteiger partial charge in [0.25, 0.3) is 17.5 Å². The van der Waals surface area contributed by atoms with Crippen molar-refractivity contribution in [2.45, 2.75) is 19.8 Å². The lowest BCUT2D eigenvalue weighted by molar-refractivity contribution is -0.384. The van der Waals surface area contributed by atoms with Crippen molar-refractivity contribution in [1.82, 2.24) is 4.90 Å². The molecule has 4 rings (SSSR count). The standard InChI is InChI=1S/C23H23N3O5/c1-15(2)16-3-7-18(8-4-16)25-22(27)20(17-5-9-19(10-6-17)26(29)30)21(23(25)28)24-11-13-31-14-12-24/h3-10,15H,11-14H2,1-2H3. The third-order valence-electron chi connectivity index (χ3n) is 5.57. The smallest absolute Gasteiger partial charge is 0.282 e. The van der Waals surface area contributed by atoms with Crippen molar-refractivity contribution < 1.29 is 19.2 Å². The number of hydrogen-bond acceptors (Lipinski definition) is 6. The molecule has 0 radical (unpaired) electrons. The lowest BCUT2D eigenvalue weighted by Crippen LogP contribution is -2.40. The number of carbonyl (C=O) groups excluding carboxylic acids is 2. The molecule has 2 amide bonds. The van der Waals surface area contributed by atoms with Gasteiger partial charge in [-0.3, -0.25) is 19.7 Å². The highest BCUT2D eigenvalue weighted by atomic mass is 16.6. The molecule has 2 heterocycles. The van der Waals surface area contributed by atoms with E-state index in [9.17, 15) is 19.7 Å². The highest BCUT2D eigenvalue weighted by Gasteiger charge is 2.42. The highest BCUT2D eigenvalue weighted by molar-refractivity contribution is 6.45. The van der Waals surface area contributed by atoms with Crippen LogP contribution in [0.5, 0.6) is 0 Å². The Kier molecular flexibility index (Phi) is 5.56. The zero-order chi connectivity index (χ0) is 22.1. The maximum Gasteiger partial charge on any atom is 0.282 e. The van der Waals surface area contributed by atoms with Gasteiger partial charge in [-0.05, 0) is 41.3 Å². The van der Waals surface area contributed by atoms with Crippen molar-refractivity contribution >= 4 is 28.8 Å². The van der Waals surface area contributed by atoms with E-state index in [0.29, 0.717) is 49.2 Å². The molecule has 0 N–H and O–H groups in total. The monoisotopic (exact) mass is 421 g/mol. The Morgan fingerprint density at radius 3 is 2.10 bits per heavy atom. The number of benzene rings is 2. The molecule has 8 heteroatoms. The first-order valence-corrected chi connectivity index (χ1v) is 10.2. The van der Waals surface area contributed by atoms with Crippen LogP contribution in [0.15, 0.2) is 54.2 Å². The number of rotatable bonds is 5. The van der Waals surface area contributed by atoms with E-state index >= 15 is 0 Å². The normalized spacial score (nSPS) is 17.1. The highest BCUT2D eigenvalue weighted by Crippen LogP contribution is 2.36. The lowest BCUT2D eigenvalue weighted by atomic mass is 10.0. The fourth-order valence-corrected chi connectivity index (χ4v) is 3.85. The first-order chi connectivity index (χ1) is 14.9. The van der Waals surface area contributed by atoms with Gasteiger partial charge >= 0.3 is 0 Å². The number of nitro groups is 1. The molecule has 160 valence electrons. The van der Waals surface area contributed by atoms with Gasteiger partial charge in [-0.2, -0.15) is 0 Å². The minimum atomic E-state index is -0.495. The first-order valence-electron chi connectivity index (χ1n) is 10.2. The largest absolute Gasteiger partial charge is 0.378 e. The number of amides is 2. The lowest BCUT2D eigenvalue weighted by Gasteiger charge is -2.29. The van der Waals surface area contributed by atoms with Crippen molar-refractivity contribution in [1.29, 1.82) is 0 Å². The van der Waals surface area contributed by atoms with Crippen LogP contribution in [0.2, 0.25) is 0 Å². The topological polar surface area (TPSA) is 93.0 Å². The number of nitrogens with zero attached hydrogens (tertiary/aromatic N) is 3. The Morgan fingerprint density at radius 2 is 1.55 bits per heavy atom. The second kappa shape index (κ2) is 8.31. The Balaban J connectivity index is 1.77. The Bertz CT molecular complexity index is 1050. The molecule has 0 aliphatic carbocycles. The third-order valence-corrected chi connectivity index (χ3v) is 5.57. The summed E-state index contributed by atoms with van der Waals surface area (Å²) in [5.41, 5.74) is 2.59. The summed E-state index contributed by atoms with van der Waals surface area (Å²) in [4.78, 5) is 40.5. The van der Waals surface area contributed by atoms with Crippen molar-refractivity contribution in [2.24, 2.45) is 0 Å². The maximum atomic E-state index is 13.5. The summed E-state index contributed by atoms with van der Waals surface area (Å²) in [6, 6.07) is 13.1. The molecule has 31 heavy (non-hydrogen) atoms. The molecular weight excluding hydrogens is 398 g/mol. The fourth-order valence-electron chi connectivity index (χ4n) is 3.85. The predicted octanol–water partition coefficient (Wildman–Crippen LogP) is 3.33. The Hall–Kier alpha value is -3.52. The molecule has 0 unspecified atom stereocenters. The van der Waals surface area contributed by atoms with Crippen molar-refractivity contribution in [3.8, 4) is 0 Å². The van der Waals surface area contributed by atoms with Crippen molar-refractivity contribution in [2.75, 3.05) is 31.2 Å². The Morgan fingerprint density at radius 1 is 0.935 bits per heavy atom. The van der Waals surface area contributed by atoms with Gasteiger partial charge in [0, 0.05) is 25.2 Å². The van der Waals surface area contributed by atoms with Crippen LogP contribution in [0.3, 0.4) is 0 Å². The molecule has 2 aliphatic heterocycles. The molecule has 0 atom stereocenters. The van der Waals surface area contributed by atoms with E-state index in [4.69, 9.17) is 4.74 Å². The number of non-ortho nitro benzene ring substituents is 1. The molecule has 2 aromatic rings. The van der Waals surface area contributed by atoms with Crippen LogP contribution in [0.1, 0.15) is 30.9 Å². The number of nitro benzene ring substituents is 1. The molecule has 0 spiro atoms. The first kappa shape index (κ1) is 20.7. The van der Waals surface area contributed by atoms with E-state index in [1.54, 1.807) is 12.1 Å². The number of ether oxygens (including phenoxy) is 1. The summed E-state index contributed by atoms with van der Waals surface area (Å²) < 4.78 is 5.40. The molecule has 2 aliphatic rings. The second-order valence-corrected chi connectivity index (χ2v) is 7.82. The summed E-state index contributed by atoms with van der Waals surface area (Å²) in [5.74, 6) is -0.494. The van der Waals surface area contributed by atoms with E-state index in [1.165, 1.54) is 29.2 Å². The van der Waals surface area contributed by atoms with Crippen molar-refractivity contribution in [3.05, 3.63) is 75.5 Å². The summed E-state index contributed by atoms with van der Waals surface area (Å²) in [6.45, 7) is 6.05. The van der Waals surface area contributed by atoms with Crippen LogP contribution in [-0.4, -0.2) is 47.9 Å². The molecule has 1 saturated heterocycles. The second-order valence-electron chi connectivity index (χ2n) is 7.82. The van der Waals surface area contributed by atoms with Crippen LogP contribution >= 0.6 is 0 Å². The van der Waals surface area contributed by atoms with Gasteiger partial charge in [-0.1, -0.05) is 26.0 Å². The Labute approximate surface area is 179 Å². The van der Waals surface area contributed by atoms with Crippen LogP contribution in [0.25, 0.3) is 5.57 Å². The van der Waals surface area contributed by atoms with E-state index < -0.39 is 16.7 Å². The molecular formula is C23H23N3O5. The fraction of sp³-hybridized carbons (Fsp3) is 0.304. The van der Waals surface area contributed by atoms with Gasteiger partial charge in [0.15, 0.2) is 0 Å². The summed E-state index contributed by atoms with van der Waals surface area (Å²) in [5, 5.41) is 11.0. The number of hydrogen-bond donors (Lipinski definition) is 0. The molecule has 2 aromatic carbocycles. The van der Waals surface area contributed by atoms with E-state index in [-0.39, 0.29) is 11.3 Å². The van der Waals surface area contributed by atoms with Gasteiger partial charge < -0.3 is 9.64 Å². The number of imide groups is 1. The maximum absolute atomic E-state index is 13.5. The number of anilines is 1. The summed E-state index contributed by atoms with van der Waals surface area (Å²) >= 11 is 0. The molecule has 0 saturated carbocycles. The molecule has 1 fully saturated rings. The summed E-state index contributed by atoms with van der Waals surface area (Å²) in [6.07, 6.45) is 0. The number of morpholine rings is 1. The molecule has 0 aromatic heterocycles. The van der Waals surface area contributed by atoms with Gasteiger partial charge in [-0.25, -0.2) is 4.90 Å². The summed E-state index contributed by atoms with van der Waals surface area (Å²) in [7, 11) is 0. The van der Waals surface area contributed by atoms with E-state index in [0.717, 1.165) is 5.56 Å². The van der Waals surface area contributed by atoms with Crippen LogP contribution < -0.4 is 4.90 Å². The van der Waals surface area contributed by atoms with Crippen LogP contribution in [-0.2, 0) is 14.3 Å². The van der Waals surface area contributed by atoms with Gasteiger partial charge in [-0.15, -0.1) is 0 Å². The quantitative estimate of drug-likeness (QED) is 0.418. The van der Waals surface area contributed by atoms with Gasteiger partial charge in [0.2, 0.25) is 0 Å². The third kappa shape index (κ3) is 3.82. The SMILES string of the molecule is CC(C)c1ccc(N2C(=O)C(c3ccc([N+](=O)[O-])cc3)=C(N3CCOCC3)C2=O)cc1. The average molecular weight is 421 g/mol. The predicted molar refractivity (Wildman–Crippen MR) is 115 cm³/mol. The minimum absolute atomic E-state index is 0.0739. The number of carbonyl (C=O) groups is 2. The van der Waals surface area contributed by atoms with Crippen LogP contribution in [0.4, 0.5) is 11.4 Å². The van der Waals surface area contributed by atoms with Gasteiger partial charge in [0.1, 0.15) is 5.70 Å². The van der Waals surface area contributed by atoms with Gasteiger partial charge in [0.05, 0.1) is 29.4 Å². The zero-order valence-corrected chi connectivity index (χ0v) is 17.4. The molecule has 0 bridgehead atoms. The van der Waals surface area contributed by atoms with E-state index in [2.05, 4.69) is 13.8 Å². The van der Waals surface area contributed by atoms with Crippen molar-refractivity contribution in [3.63, 3.8) is 0 Å². The minimum Gasteiger partial charge on any atom is -0.378 e. The molecule has 8 nitrogen and oxygen atoms in total. The van der Waals surface area contributed by atoms with E-state index in [1.807, 2.05) is 17.0 Å². The van der Waals surface area contributed by atoms with Crippen LogP contribution in [0, 0.1) is 10.1 Å².